The van der Waals surface area contributed by atoms with E-state index in [1.165, 1.54) is 30.0 Å². The van der Waals surface area contributed by atoms with Crippen molar-refractivity contribution in [2.24, 2.45) is 0 Å². The highest BCUT2D eigenvalue weighted by atomic mass is 32.2. The summed E-state index contributed by atoms with van der Waals surface area (Å²) in [6.07, 6.45) is 7.13. The summed E-state index contributed by atoms with van der Waals surface area (Å²) in [6, 6.07) is 0. The van der Waals surface area contributed by atoms with Gasteiger partial charge in [0, 0.05) is 24.1 Å². The SMILES string of the molecule is CCCc1nc(CSc2nnc3n2CCCCC3)cs1. The molecule has 20 heavy (non-hydrogen) atoms. The van der Waals surface area contributed by atoms with Crippen LogP contribution in [0.25, 0.3) is 0 Å². The Balaban J connectivity index is 1.64. The van der Waals surface area contributed by atoms with Crippen LogP contribution in [0.1, 0.15) is 49.1 Å². The average molecular weight is 308 g/mol. The first-order valence-electron chi connectivity index (χ1n) is 7.35. The van der Waals surface area contributed by atoms with Gasteiger partial charge in [-0.1, -0.05) is 25.1 Å². The average Bonchev–Trinajstić information content (AvgIpc) is 2.98. The van der Waals surface area contributed by atoms with Crippen molar-refractivity contribution in [3.8, 4) is 0 Å². The highest BCUT2D eigenvalue weighted by Crippen LogP contribution is 2.25. The zero-order valence-electron chi connectivity index (χ0n) is 11.8. The summed E-state index contributed by atoms with van der Waals surface area (Å²) < 4.78 is 2.30. The summed E-state index contributed by atoms with van der Waals surface area (Å²) in [5.41, 5.74) is 1.18. The summed E-state index contributed by atoms with van der Waals surface area (Å²) in [7, 11) is 0. The Morgan fingerprint density at radius 1 is 1.30 bits per heavy atom. The Morgan fingerprint density at radius 3 is 3.15 bits per heavy atom. The number of thiazole rings is 1. The molecule has 0 aromatic carbocycles. The van der Waals surface area contributed by atoms with E-state index in [9.17, 15) is 0 Å². The molecule has 0 aliphatic carbocycles. The molecule has 0 amide bonds. The molecule has 0 atom stereocenters. The zero-order valence-corrected chi connectivity index (χ0v) is 13.5. The quantitative estimate of drug-likeness (QED) is 0.790. The van der Waals surface area contributed by atoms with Crippen LogP contribution in [0.3, 0.4) is 0 Å². The monoisotopic (exact) mass is 308 g/mol. The second-order valence-electron chi connectivity index (χ2n) is 5.13. The topological polar surface area (TPSA) is 43.6 Å². The number of aromatic nitrogens is 4. The van der Waals surface area contributed by atoms with Gasteiger partial charge in [-0.05, 0) is 25.7 Å². The van der Waals surface area contributed by atoms with Gasteiger partial charge in [0.15, 0.2) is 5.16 Å². The van der Waals surface area contributed by atoms with Crippen molar-refractivity contribution in [3.63, 3.8) is 0 Å². The van der Waals surface area contributed by atoms with E-state index < -0.39 is 0 Å². The van der Waals surface area contributed by atoms with Crippen molar-refractivity contribution >= 4 is 23.1 Å². The van der Waals surface area contributed by atoms with Gasteiger partial charge in [-0.2, -0.15) is 0 Å². The number of fused-ring (bicyclic) bond motifs is 1. The van der Waals surface area contributed by atoms with Crippen LogP contribution in [0.2, 0.25) is 0 Å². The van der Waals surface area contributed by atoms with E-state index in [-0.39, 0.29) is 0 Å². The first kappa shape index (κ1) is 14.1. The highest BCUT2D eigenvalue weighted by molar-refractivity contribution is 7.98. The lowest BCUT2D eigenvalue weighted by molar-refractivity contribution is 0.591. The Bertz CT molecular complexity index is 561. The maximum Gasteiger partial charge on any atom is 0.191 e. The van der Waals surface area contributed by atoms with E-state index in [2.05, 4.69) is 32.1 Å². The van der Waals surface area contributed by atoms with E-state index in [0.29, 0.717) is 0 Å². The van der Waals surface area contributed by atoms with E-state index in [0.717, 1.165) is 42.5 Å². The Hall–Kier alpha value is -0.880. The summed E-state index contributed by atoms with van der Waals surface area (Å²) in [4.78, 5) is 4.67. The number of nitrogens with zero attached hydrogens (tertiary/aromatic N) is 4. The third kappa shape index (κ3) is 3.23. The molecule has 4 nitrogen and oxygen atoms in total. The predicted octanol–water partition coefficient (Wildman–Crippen LogP) is 3.71. The molecular formula is C14H20N4S2. The normalized spacial score (nSPS) is 15.1. The fourth-order valence-corrected chi connectivity index (χ4v) is 4.33. The maximum atomic E-state index is 4.67. The molecule has 1 aliphatic heterocycles. The largest absolute Gasteiger partial charge is 0.306 e. The molecule has 0 fully saturated rings. The van der Waals surface area contributed by atoms with E-state index in [1.54, 1.807) is 23.1 Å². The summed E-state index contributed by atoms with van der Waals surface area (Å²) in [5, 5.41) is 13.2. The molecular weight excluding hydrogens is 288 g/mol. The van der Waals surface area contributed by atoms with Crippen LogP contribution in [0.5, 0.6) is 0 Å². The number of hydrogen-bond acceptors (Lipinski definition) is 5. The van der Waals surface area contributed by atoms with Gasteiger partial charge in [0.05, 0.1) is 10.7 Å². The van der Waals surface area contributed by atoms with E-state index in [1.807, 2.05) is 0 Å². The van der Waals surface area contributed by atoms with E-state index >= 15 is 0 Å². The van der Waals surface area contributed by atoms with Crippen LogP contribution >= 0.6 is 23.1 Å². The second kappa shape index (κ2) is 6.72. The van der Waals surface area contributed by atoms with Crippen molar-refractivity contribution in [1.82, 2.24) is 19.7 Å². The van der Waals surface area contributed by atoms with Gasteiger partial charge in [-0.25, -0.2) is 4.98 Å². The van der Waals surface area contributed by atoms with Crippen LogP contribution in [0, 0.1) is 0 Å². The Labute approximate surface area is 128 Å². The molecule has 108 valence electrons. The first-order chi connectivity index (χ1) is 9.86. The molecule has 2 aromatic rings. The van der Waals surface area contributed by atoms with Gasteiger partial charge in [0.25, 0.3) is 0 Å². The van der Waals surface area contributed by atoms with Crippen molar-refractivity contribution in [1.29, 1.82) is 0 Å². The van der Waals surface area contributed by atoms with Gasteiger partial charge >= 0.3 is 0 Å². The standard InChI is InChI=1S/C14H20N4S2/c1-2-6-13-15-11(9-19-13)10-20-14-17-16-12-7-4-3-5-8-18(12)14/h9H,2-8,10H2,1H3. The molecule has 3 rings (SSSR count). The molecule has 6 heteroatoms. The molecule has 0 spiro atoms. The van der Waals surface area contributed by atoms with Crippen LogP contribution in [-0.4, -0.2) is 19.7 Å². The number of aryl methyl sites for hydroxylation is 2. The van der Waals surface area contributed by atoms with Gasteiger partial charge in [-0.3, -0.25) is 0 Å². The third-order valence-electron chi connectivity index (χ3n) is 3.49. The lowest BCUT2D eigenvalue weighted by Crippen LogP contribution is -2.02. The minimum atomic E-state index is 0.901. The Kier molecular flexibility index (Phi) is 4.73. The Morgan fingerprint density at radius 2 is 2.25 bits per heavy atom. The second-order valence-corrected chi connectivity index (χ2v) is 7.02. The maximum absolute atomic E-state index is 4.67. The van der Waals surface area contributed by atoms with Crippen LogP contribution in [0.4, 0.5) is 0 Å². The molecule has 0 bridgehead atoms. The lowest BCUT2D eigenvalue weighted by Gasteiger charge is -2.05. The lowest BCUT2D eigenvalue weighted by atomic mass is 10.2. The van der Waals surface area contributed by atoms with Crippen molar-refractivity contribution in [3.05, 3.63) is 21.9 Å². The molecule has 3 heterocycles. The number of hydrogen-bond donors (Lipinski definition) is 0. The minimum Gasteiger partial charge on any atom is -0.306 e. The van der Waals surface area contributed by atoms with Crippen molar-refractivity contribution < 1.29 is 0 Å². The summed E-state index contributed by atoms with van der Waals surface area (Å²) in [5.74, 6) is 2.06. The molecule has 1 aliphatic rings. The molecule has 0 radical (unpaired) electrons. The van der Waals surface area contributed by atoms with Crippen molar-refractivity contribution in [2.45, 2.75) is 62.9 Å². The van der Waals surface area contributed by atoms with E-state index in [4.69, 9.17) is 0 Å². The van der Waals surface area contributed by atoms with Crippen LogP contribution < -0.4 is 0 Å². The minimum absolute atomic E-state index is 0.901. The molecule has 0 unspecified atom stereocenters. The molecule has 2 aromatic heterocycles. The molecule has 0 saturated carbocycles. The van der Waals surface area contributed by atoms with Gasteiger partial charge in [0.1, 0.15) is 5.82 Å². The van der Waals surface area contributed by atoms with Gasteiger partial charge < -0.3 is 4.57 Å². The zero-order chi connectivity index (χ0) is 13.8. The molecule has 0 N–H and O–H groups in total. The summed E-state index contributed by atoms with van der Waals surface area (Å²) >= 11 is 3.55. The van der Waals surface area contributed by atoms with Gasteiger partial charge in [-0.15, -0.1) is 21.5 Å². The number of rotatable bonds is 5. The smallest absolute Gasteiger partial charge is 0.191 e. The van der Waals surface area contributed by atoms with Gasteiger partial charge in [0.2, 0.25) is 0 Å². The first-order valence-corrected chi connectivity index (χ1v) is 9.21. The summed E-state index contributed by atoms with van der Waals surface area (Å²) in [6.45, 7) is 3.27. The fraction of sp³-hybridized carbons (Fsp3) is 0.643. The predicted molar refractivity (Wildman–Crippen MR) is 83.2 cm³/mol. The third-order valence-corrected chi connectivity index (χ3v) is 5.45. The fourth-order valence-electron chi connectivity index (χ4n) is 2.45. The van der Waals surface area contributed by atoms with Crippen molar-refractivity contribution in [2.75, 3.05) is 0 Å². The molecule has 0 saturated heterocycles. The number of thioether (sulfide) groups is 1. The van der Waals surface area contributed by atoms with Crippen LogP contribution in [-0.2, 0) is 25.1 Å². The highest BCUT2D eigenvalue weighted by Gasteiger charge is 2.15. The van der Waals surface area contributed by atoms with Crippen LogP contribution in [0.15, 0.2) is 10.5 Å².